The zero-order chi connectivity index (χ0) is 21.7. The number of pyridine rings is 1. The van der Waals surface area contributed by atoms with E-state index in [0.717, 1.165) is 53.4 Å². The van der Waals surface area contributed by atoms with Crippen molar-refractivity contribution in [1.29, 1.82) is 0 Å². The number of amides is 2. The highest BCUT2D eigenvalue weighted by molar-refractivity contribution is 7.13. The average Bonchev–Trinajstić information content (AvgIpc) is 3.27. The van der Waals surface area contributed by atoms with Crippen molar-refractivity contribution >= 4 is 23.2 Å². The highest BCUT2D eigenvalue weighted by Gasteiger charge is 2.55. The molecule has 0 aromatic carbocycles. The van der Waals surface area contributed by atoms with Gasteiger partial charge in [0.2, 0.25) is 11.8 Å². The van der Waals surface area contributed by atoms with Crippen molar-refractivity contribution < 1.29 is 9.59 Å². The highest BCUT2D eigenvalue weighted by atomic mass is 32.1. The lowest BCUT2D eigenvalue weighted by molar-refractivity contribution is -0.160. The molecule has 7 heteroatoms. The van der Waals surface area contributed by atoms with Crippen LogP contribution in [0.4, 0.5) is 0 Å². The predicted molar refractivity (Wildman–Crippen MR) is 123 cm³/mol. The van der Waals surface area contributed by atoms with Crippen LogP contribution in [0.2, 0.25) is 0 Å². The fourth-order valence-electron chi connectivity index (χ4n) is 7.13. The van der Waals surface area contributed by atoms with E-state index in [2.05, 4.69) is 14.9 Å². The van der Waals surface area contributed by atoms with Crippen LogP contribution in [0.5, 0.6) is 0 Å². The molecule has 4 aliphatic carbocycles. The Morgan fingerprint density at radius 2 is 1.62 bits per heavy atom. The first-order valence-electron chi connectivity index (χ1n) is 12.0. The van der Waals surface area contributed by atoms with E-state index in [1.165, 1.54) is 30.6 Å². The van der Waals surface area contributed by atoms with Crippen molar-refractivity contribution in [3.63, 3.8) is 0 Å². The molecule has 5 fully saturated rings. The number of carbonyl (C=O) groups excluding carboxylic acids is 2. The van der Waals surface area contributed by atoms with Crippen molar-refractivity contribution in [2.75, 3.05) is 26.2 Å². The van der Waals surface area contributed by atoms with Gasteiger partial charge in [0, 0.05) is 37.8 Å². The molecule has 0 spiro atoms. The molecule has 0 N–H and O–H groups in total. The summed E-state index contributed by atoms with van der Waals surface area (Å²) < 4.78 is 0. The summed E-state index contributed by atoms with van der Waals surface area (Å²) in [5.41, 5.74) is 1.56. The van der Waals surface area contributed by atoms with Crippen molar-refractivity contribution in [3.8, 4) is 10.7 Å². The summed E-state index contributed by atoms with van der Waals surface area (Å²) in [4.78, 5) is 39.4. The molecule has 1 saturated heterocycles. The van der Waals surface area contributed by atoms with Crippen LogP contribution < -0.4 is 0 Å². The smallest absolute Gasteiger partial charge is 0.228 e. The van der Waals surface area contributed by atoms with E-state index in [-0.39, 0.29) is 11.3 Å². The van der Waals surface area contributed by atoms with E-state index >= 15 is 0 Å². The van der Waals surface area contributed by atoms with Crippen LogP contribution in [0, 0.1) is 23.2 Å². The number of hydrogen-bond donors (Lipinski definition) is 0. The third-order valence-electron chi connectivity index (χ3n) is 8.18. The summed E-state index contributed by atoms with van der Waals surface area (Å²) in [6, 6.07) is 5.76. The molecule has 4 saturated carbocycles. The Morgan fingerprint density at radius 3 is 2.25 bits per heavy atom. The van der Waals surface area contributed by atoms with Crippen molar-refractivity contribution in [1.82, 2.24) is 19.8 Å². The van der Waals surface area contributed by atoms with Crippen LogP contribution >= 0.6 is 11.3 Å². The Morgan fingerprint density at radius 1 is 0.969 bits per heavy atom. The first-order chi connectivity index (χ1) is 15.6. The number of carbonyl (C=O) groups is 2. The molecule has 0 radical (unpaired) electrons. The van der Waals surface area contributed by atoms with Gasteiger partial charge in [0.15, 0.2) is 0 Å². The molecule has 3 heterocycles. The Bertz CT molecular complexity index is 977. The Hall–Kier alpha value is -2.28. The molecule has 4 bridgehead atoms. The van der Waals surface area contributed by atoms with Gasteiger partial charge in [-0.3, -0.25) is 14.6 Å². The van der Waals surface area contributed by atoms with Gasteiger partial charge in [-0.25, -0.2) is 4.98 Å². The molecular weight excluding hydrogens is 420 g/mol. The number of hydrogen-bond acceptors (Lipinski definition) is 5. The SMILES string of the molecule is O=C(Cc1csc(-c2ccccn2)n1)N1CCN(C(=O)C23CC4CC(CC(C4)C2)C3)CC1. The van der Waals surface area contributed by atoms with Crippen LogP contribution in [-0.4, -0.2) is 57.8 Å². The van der Waals surface area contributed by atoms with Gasteiger partial charge in [0.25, 0.3) is 0 Å². The summed E-state index contributed by atoms with van der Waals surface area (Å²) >= 11 is 1.53. The standard InChI is InChI=1S/C25H30N4O2S/c30-22(12-20-16-32-23(27-20)21-3-1-2-4-26-21)28-5-7-29(8-6-28)24(31)25-13-17-9-18(14-25)11-19(10-17)15-25/h1-4,16-19H,5-15H2. The minimum Gasteiger partial charge on any atom is -0.339 e. The van der Waals surface area contributed by atoms with Gasteiger partial charge < -0.3 is 9.80 Å². The predicted octanol–water partition coefficient (Wildman–Crippen LogP) is 3.63. The molecule has 32 heavy (non-hydrogen) atoms. The molecule has 2 aromatic heterocycles. The zero-order valence-corrected chi connectivity index (χ0v) is 19.2. The monoisotopic (exact) mass is 450 g/mol. The average molecular weight is 451 g/mol. The Balaban J connectivity index is 1.05. The molecule has 6 nitrogen and oxygen atoms in total. The second kappa shape index (κ2) is 7.94. The van der Waals surface area contributed by atoms with Crippen molar-refractivity contribution in [3.05, 3.63) is 35.5 Å². The first-order valence-corrected chi connectivity index (χ1v) is 12.9. The largest absolute Gasteiger partial charge is 0.339 e. The maximum Gasteiger partial charge on any atom is 0.228 e. The van der Waals surface area contributed by atoms with Gasteiger partial charge in [0.1, 0.15) is 5.01 Å². The van der Waals surface area contributed by atoms with Gasteiger partial charge in [-0.05, 0) is 68.4 Å². The lowest BCUT2D eigenvalue weighted by atomic mass is 9.49. The lowest BCUT2D eigenvalue weighted by Crippen LogP contribution is -2.58. The summed E-state index contributed by atoms with van der Waals surface area (Å²) in [5.74, 6) is 2.83. The Labute approximate surface area is 193 Å². The number of rotatable bonds is 4. The summed E-state index contributed by atoms with van der Waals surface area (Å²) in [6.07, 6.45) is 9.46. The molecule has 5 aliphatic rings. The van der Waals surface area contributed by atoms with Crippen LogP contribution in [0.3, 0.4) is 0 Å². The number of piperazine rings is 1. The molecule has 2 amide bonds. The van der Waals surface area contributed by atoms with Crippen LogP contribution in [-0.2, 0) is 16.0 Å². The van der Waals surface area contributed by atoms with Gasteiger partial charge in [-0.1, -0.05) is 6.07 Å². The molecular formula is C25H30N4O2S. The second-order valence-corrected chi connectivity index (χ2v) is 11.3. The minimum absolute atomic E-state index is 0.0800. The Kier molecular flexibility index (Phi) is 5.05. The number of aromatic nitrogens is 2. The summed E-state index contributed by atoms with van der Waals surface area (Å²) in [7, 11) is 0. The third-order valence-corrected chi connectivity index (χ3v) is 9.09. The quantitative estimate of drug-likeness (QED) is 0.713. The fraction of sp³-hybridized carbons (Fsp3) is 0.600. The minimum atomic E-state index is -0.0800. The van der Waals surface area contributed by atoms with Gasteiger partial charge >= 0.3 is 0 Å². The zero-order valence-electron chi connectivity index (χ0n) is 18.4. The highest BCUT2D eigenvalue weighted by Crippen LogP contribution is 2.60. The maximum absolute atomic E-state index is 13.6. The van der Waals surface area contributed by atoms with E-state index in [4.69, 9.17) is 0 Å². The van der Waals surface area contributed by atoms with Crippen LogP contribution in [0.1, 0.15) is 44.2 Å². The van der Waals surface area contributed by atoms with Crippen LogP contribution in [0.25, 0.3) is 10.7 Å². The number of nitrogens with zero attached hydrogens (tertiary/aromatic N) is 4. The summed E-state index contributed by atoms with van der Waals surface area (Å²) in [5, 5.41) is 2.80. The molecule has 2 aromatic rings. The topological polar surface area (TPSA) is 66.4 Å². The molecule has 0 atom stereocenters. The molecule has 1 aliphatic heterocycles. The van der Waals surface area contributed by atoms with E-state index in [1.54, 1.807) is 6.20 Å². The molecule has 0 unspecified atom stereocenters. The third kappa shape index (κ3) is 3.64. The normalized spacial score (nSPS) is 31.2. The van der Waals surface area contributed by atoms with Crippen molar-refractivity contribution in [2.24, 2.45) is 23.2 Å². The van der Waals surface area contributed by atoms with Gasteiger partial charge in [-0.15, -0.1) is 11.3 Å². The second-order valence-electron chi connectivity index (χ2n) is 10.4. The van der Waals surface area contributed by atoms with Gasteiger partial charge in [-0.2, -0.15) is 0 Å². The molecule has 7 rings (SSSR count). The number of thiazole rings is 1. The van der Waals surface area contributed by atoms with E-state index in [0.29, 0.717) is 38.5 Å². The lowest BCUT2D eigenvalue weighted by Gasteiger charge is -2.57. The van der Waals surface area contributed by atoms with E-state index in [9.17, 15) is 9.59 Å². The first kappa shape index (κ1) is 20.3. The summed E-state index contributed by atoms with van der Waals surface area (Å²) in [6.45, 7) is 2.60. The van der Waals surface area contributed by atoms with E-state index < -0.39 is 0 Å². The van der Waals surface area contributed by atoms with Gasteiger partial charge in [0.05, 0.1) is 23.2 Å². The van der Waals surface area contributed by atoms with Crippen LogP contribution in [0.15, 0.2) is 29.8 Å². The maximum atomic E-state index is 13.6. The fourth-order valence-corrected chi connectivity index (χ4v) is 7.92. The molecule has 168 valence electrons. The van der Waals surface area contributed by atoms with Crippen molar-refractivity contribution in [2.45, 2.75) is 44.9 Å². The van der Waals surface area contributed by atoms with E-state index in [1.807, 2.05) is 28.5 Å².